The van der Waals surface area contributed by atoms with Crippen LogP contribution in [0.3, 0.4) is 0 Å². The van der Waals surface area contributed by atoms with Gasteiger partial charge < -0.3 is 14.2 Å². The lowest BCUT2D eigenvalue weighted by atomic mass is 10.1. The number of amides is 1. The highest BCUT2D eigenvalue weighted by Gasteiger charge is 2.15. The second-order valence-electron chi connectivity index (χ2n) is 7.66. The van der Waals surface area contributed by atoms with E-state index in [1.165, 1.54) is 36.5 Å². The summed E-state index contributed by atoms with van der Waals surface area (Å²) in [5, 5.41) is 14.7. The van der Waals surface area contributed by atoms with Gasteiger partial charge in [-0.25, -0.2) is 10.2 Å². The largest absolute Gasteiger partial charge is 0.490 e. The summed E-state index contributed by atoms with van der Waals surface area (Å²) < 4.78 is 16.4. The molecule has 1 N–H and O–H groups in total. The summed E-state index contributed by atoms with van der Waals surface area (Å²) in [5.41, 5.74) is 5.20. The van der Waals surface area contributed by atoms with Gasteiger partial charge in [-0.05, 0) is 79.9 Å². The van der Waals surface area contributed by atoms with E-state index in [4.69, 9.17) is 14.2 Å². The van der Waals surface area contributed by atoms with Gasteiger partial charge in [-0.3, -0.25) is 14.9 Å². The number of benzene rings is 3. The fourth-order valence-electron chi connectivity index (χ4n) is 3.00. The van der Waals surface area contributed by atoms with Crippen molar-refractivity contribution in [3.8, 4) is 17.2 Å². The van der Waals surface area contributed by atoms with Gasteiger partial charge in [0.05, 0.1) is 23.3 Å². The van der Waals surface area contributed by atoms with E-state index in [9.17, 15) is 19.7 Å². The van der Waals surface area contributed by atoms with Crippen molar-refractivity contribution in [3.05, 3.63) is 93.0 Å². The van der Waals surface area contributed by atoms with Gasteiger partial charge in [-0.2, -0.15) is 5.10 Å². The number of hydrogen-bond acceptors (Lipinski definition) is 8. The van der Waals surface area contributed by atoms with Crippen LogP contribution in [0.15, 0.2) is 65.8 Å². The first kappa shape index (κ1) is 25.9. The lowest BCUT2D eigenvalue weighted by Crippen LogP contribution is -2.24. The van der Waals surface area contributed by atoms with E-state index < -0.39 is 16.8 Å². The third kappa shape index (κ3) is 7.13. The molecule has 36 heavy (non-hydrogen) atoms. The highest BCUT2D eigenvalue weighted by molar-refractivity contribution is 5.92. The van der Waals surface area contributed by atoms with E-state index in [1.807, 2.05) is 26.0 Å². The van der Waals surface area contributed by atoms with Crippen molar-refractivity contribution in [2.24, 2.45) is 5.10 Å². The Morgan fingerprint density at radius 1 is 0.972 bits per heavy atom. The average molecular weight is 492 g/mol. The summed E-state index contributed by atoms with van der Waals surface area (Å²) in [7, 11) is 0. The predicted molar refractivity (Wildman–Crippen MR) is 133 cm³/mol. The molecule has 3 aromatic rings. The monoisotopic (exact) mass is 491 g/mol. The van der Waals surface area contributed by atoms with E-state index in [1.54, 1.807) is 25.1 Å². The molecule has 1 amide bonds. The molecule has 10 heteroatoms. The summed E-state index contributed by atoms with van der Waals surface area (Å²) in [6, 6.07) is 15.4. The van der Waals surface area contributed by atoms with Crippen LogP contribution in [0.2, 0.25) is 0 Å². The lowest BCUT2D eigenvalue weighted by Gasteiger charge is -2.11. The Morgan fingerprint density at radius 3 is 2.39 bits per heavy atom. The summed E-state index contributed by atoms with van der Waals surface area (Å²) >= 11 is 0. The van der Waals surface area contributed by atoms with Gasteiger partial charge in [0.1, 0.15) is 5.75 Å². The number of nitro groups is 1. The SMILES string of the molecule is CCOc1cc(/C=N\NC(=O)COc2ccc(C)c(C)c2)ccc1OC(=O)c1ccc([N+](=O)[O-])cc1. The van der Waals surface area contributed by atoms with E-state index >= 15 is 0 Å². The number of rotatable bonds is 10. The molecule has 0 heterocycles. The first-order valence-electron chi connectivity index (χ1n) is 11.0. The maximum absolute atomic E-state index is 12.4. The van der Waals surface area contributed by atoms with Gasteiger partial charge in [0.2, 0.25) is 0 Å². The molecule has 0 spiro atoms. The molecule has 0 fully saturated rings. The van der Waals surface area contributed by atoms with Gasteiger partial charge in [-0.15, -0.1) is 0 Å². The molecule has 10 nitrogen and oxygen atoms in total. The van der Waals surface area contributed by atoms with Crippen molar-refractivity contribution in [3.63, 3.8) is 0 Å². The van der Waals surface area contributed by atoms with E-state index in [0.29, 0.717) is 23.7 Å². The van der Waals surface area contributed by atoms with Crippen molar-refractivity contribution in [2.45, 2.75) is 20.8 Å². The molecule has 186 valence electrons. The number of nitro benzene ring substituents is 1. The number of carbonyl (C=O) groups excluding carboxylic acids is 2. The van der Waals surface area contributed by atoms with Gasteiger partial charge in [0.15, 0.2) is 18.1 Å². The van der Waals surface area contributed by atoms with Crippen LogP contribution in [-0.4, -0.2) is 36.2 Å². The number of esters is 1. The molecule has 0 bridgehead atoms. The molecule has 3 rings (SSSR count). The summed E-state index contributed by atoms with van der Waals surface area (Å²) in [6.45, 7) is 5.85. The van der Waals surface area contributed by atoms with Crippen LogP contribution in [-0.2, 0) is 4.79 Å². The highest BCUT2D eigenvalue weighted by Crippen LogP contribution is 2.29. The Bertz CT molecular complexity index is 1290. The third-order valence-corrected chi connectivity index (χ3v) is 5.04. The molecule has 0 radical (unpaired) electrons. The Labute approximate surface area is 207 Å². The Balaban J connectivity index is 1.60. The number of hydrogen-bond donors (Lipinski definition) is 1. The van der Waals surface area contributed by atoms with E-state index in [-0.39, 0.29) is 23.6 Å². The predicted octanol–water partition coefficient (Wildman–Crippen LogP) is 4.36. The summed E-state index contributed by atoms with van der Waals surface area (Å²) in [6.07, 6.45) is 1.42. The number of hydrazone groups is 1. The number of nitrogens with zero attached hydrogens (tertiary/aromatic N) is 2. The Hall–Kier alpha value is -4.73. The molecular formula is C26H25N3O7. The van der Waals surface area contributed by atoms with E-state index in [2.05, 4.69) is 10.5 Å². The number of nitrogens with one attached hydrogen (secondary N) is 1. The normalized spacial score (nSPS) is 10.6. The van der Waals surface area contributed by atoms with Crippen LogP contribution in [0.1, 0.15) is 34.0 Å². The van der Waals surface area contributed by atoms with E-state index in [0.717, 1.165) is 11.1 Å². The summed E-state index contributed by atoms with van der Waals surface area (Å²) in [5.74, 6) is -0.0619. The van der Waals surface area contributed by atoms with Crippen molar-refractivity contribution in [2.75, 3.05) is 13.2 Å². The van der Waals surface area contributed by atoms with Gasteiger partial charge in [-0.1, -0.05) is 6.07 Å². The maximum Gasteiger partial charge on any atom is 0.343 e. The van der Waals surface area contributed by atoms with Crippen molar-refractivity contribution in [1.29, 1.82) is 0 Å². The smallest absolute Gasteiger partial charge is 0.343 e. The van der Waals surface area contributed by atoms with Crippen LogP contribution in [0.4, 0.5) is 5.69 Å². The first-order valence-corrected chi connectivity index (χ1v) is 11.0. The minimum Gasteiger partial charge on any atom is -0.490 e. The number of ether oxygens (including phenoxy) is 3. The fraction of sp³-hybridized carbons (Fsp3) is 0.192. The van der Waals surface area contributed by atoms with Crippen molar-refractivity contribution >= 4 is 23.8 Å². The lowest BCUT2D eigenvalue weighted by molar-refractivity contribution is -0.384. The zero-order valence-corrected chi connectivity index (χ0v) is 20.0. The third-order valence-electron chi connectivity index (χ3n) is 5.04. The molecule has 0 saturated heterocycles. The van der Waals surface area contributed by atoms with Gasteiger partial charge >= 0.3 is 5.97 Å². The second kappa shape index (κ2) is 12.1. The number of non-ortho nitro benzene ring substituents is 1. The quantitative estimate of drug-likeness (QED) is 0.147. The average Bonchev–Trinajstić information content (AvgIpc) is 2.86. The Morgan fingerprint density at radius 2 is 1.72 bits per heavy atom. The molecule has 0 aliphatic rings. The molecular weight excluding hydrogens is 466 g/mol. The van der Waals surface area contributed by atoms with Crippen molar-refractivity contribution in [1.82, 2.24) is 5.43 Å². The molecule has 0 saturated carbocycles. The minimum absolute atomic E-state index is 0.130. The van der Waals surface area contributed by atoms with Crippen LogP contribution in [0, 0.1) is 24.0 Å². The van der Waals surface area contributed by atoms with Crippen LogP contribution in [0.25, 0.3) is 0 Å². The molecule has 0 aliphatic carbocycles. The Kier molecular flexibility index (Phi) is 8.71. The number of carbonyl (C=O) groups is 2. The molecule has 0 aromatic heterocycles. The molecule has 3 aromatic carbocycles. The molecule has 0 unspecified atom stereocenters. The van der Waals surface area contributed by atoms with Crippen molar-refractivity contribution < 1.29 is 28.7 Å². The highest BCUT2D eigenvalue weighted by atomic mass is 16.6. The van der Waals surface area contributed by atoms with Crippen LogP contribution in [0.5, 0.6) is 17.2 Å². The first-order chi connectivity index (χ1) is 17.3. The summed E-state index contributed by atoms with van der Waals surface area (Å²) in [4.78, 5) is 34.7. The maximum atomic E-state index is 12.4. The minimum atomic E-state index is -0.691. The fourth-order valence-corrected chi connectivity index (χ4v) is 3.00. The second-order valence-corrected chi connectivity index (χ2v) is 7.66. The standard InChI is InChI=1S/C26H25N3O7/c1-4-34-24-14-19(15-27-28-25(30)16-35-22-11-5-17(2)18(3)13-22)6-12-23(24)36-26(31)20-7-9-21(10-8-20)29(32)33/h5-15H,4,16H2,1-3H3,(H,28,30)/b27-15-. The topological polar surface area (TPSA) is 129 Å². The zero-order valence-electron chi connectivity index (χ0n) is 20.0. The number of aryl methyl sites for hydroxylation is 2. The van der Waals surface area contributed by atoms with Gasteiger partial charge in [0.25, 0.3) is 11.6 Å². The molecule has 0 aliphatic heterocycles. The van der Waals surface area contributed by atoms with Gasteiger partial charge in [0, 0.05) is 12.1 Å². The zero-order chi connectivity index (χ0) is 26.1. The van der Waals surface area contributed by atoms with Crippen LogP contribution >= 0.6 is 0 Å². The van der Waals surface area contributed by atoms with Crippen LogP contribution < -0.4 is 19.6 Å². The molecule has 0 atom stereocenters.